The highest BCUT2D eigenvalue weighted by atomic mass is 16.3. The van der Waals surface area contributed by atoms with Crippen molar-refractivity contribution in [2.24, 2.45) is 5.41 Å². The Labute approximate surface area is 74.9 Å². The van der Waals surface area contributed by atoms with Crippen LogP contribution < -0.4 is 0 Å². The van der Waals surface area contributed by atoms with E-state index in [0.29, 0.717) is 0 Å². The molecule has 0 aliphatic heterocycles. The summed E-state index contributed by atoms with van der Waals surface area (Å²) in [5.74, 6) is 0. The third-order valence-electron chi connectivity index (χ3n) is 2.18. The third kappa shape index (κ3) is 5.33. The van der Waals surface area contributed by atoms with E-state index in [9.17, 15) is 5.11 Å². The lowest BCUT2D eigenvalue weighted by molar-refractivity contribution is 0.158. The smallest absolute Gasteiger partial charge is 0.0718 e. The highest BCUT2D eigenvalue weighted by Gasteiger charge is 2.17. The summed E-state index contributed by atoms with van der Waals surface area (Å²) < 4.78 is 0. The van der Waals surface area contributed by atoms with Crippen LogP contribution in [-0.2, 0) is 0 Å². The van der Waals surface area contributed by atoms with E-state index < -0.39 is 6.10 Å². The molecule has 0 aromatic carbocycles. The van der Waals surface area contributed by atoms with Gasteiger partial charge in [-0.3, -0.25) is 0 Å². The summed E-state index contributed by atoms with van der Waals surface area (Å²) in [4.78, 5) is 0. The molecule has 2 N–H and O–H groups in total. The van der Waals surface area contributed by atoms with Gasteiger partial charge in [0.15, 0.2) is 0 Å². The van der Waals surface area contributed by atoms with Crippen LogP contribution in [0.15, 0.2) is 12.7 Å². The Morgan fingerprint density at radius 1 is 1.42 bits per heavy atom. The van der Waals surface area contributed by atoms with Gasteiger partial charge in [-0.25, -0.2) is 0 Å². The normalized spacial score (nSPS) is 14.3. The average molecular weight is 172 g/mol. The lowest BCUT2D eigenvalue weighted by Gasteiger charge is -2.24. The van der Waals surface area contributed by atoms with Gasteiger partial charge in [-0.15, -0.1) is 6.58 Å². The molecule has 2 nitrogen and oxygen atoms in total. The van der Waals surface area contributed by atoms with Crippen LogP contribution in [0.5, 0.6) is 0 Å². The zero-order valence-electron chi connectivity index (χ0n) is 8.08. The lowest BCUT2D eigenvalue weighted by atomic mass is 9.84. The Morgan fingerprint density at radius 3 is 2.42 bits per heavy atom. The molecule has 0 bridgehead atoms. The number of aliphatic hydroxyl groups excluding tert-OH is 2. The second-order valence-electron chi connectivity index (χ2n) is 3.98. The SMILES string of the molecule is C=CC(O)CCC(C)(C)CCO. The molecule has 0 spiro atoms. The van der Waals surface area contributed by atoms with Gasteiger partial charge < -0.3 is 10.2 Å². The van der Waals surface area contributed by atoms with E-state index in [1.54, 1.807) is 6.08 Å². The van der Waals surface area contributed by atoms with Gasteiger partial charge in [0.2, 0.25) is 0 Å². The summed E-state index contributed by atoms with van der Waals surface area (Å²) in [6.45, 7) is 7.92. The molecule has 72 valence electrons. The largest absolute Gasteiger partial charge is 0.396 e. The van der Waals surface area contributed by atoms with E-state index in [-0.39, 0.29) is 12.0 Å². The molecule has 12 heavy (non-hydrogen) atoms. The minimum atomic E-state index is -0.400. The van der Waals surface area contributed by atoms with Gasteiger partial charge in [0.1, 0.15) is 0 Å². The summed E-state index contributed by atoms with van der Waals surface area (Å²) in [6, 6.07) is 0. The first kappa shape index (κ1) is 11.7. The van der Waals surface area contributed by atoms with Crippen molar-refractivity contribution in [3.05, 3.63) is 12.7 Å². The van der Waals surface area contributed by atoms with Crippen LogP contribution in [-0.4, -0.2) is 22.9 Å². The Hall–Kier alpha value is -0.340. The zero-order chi connectivity index (χ0) is 9.61. The molecule has 0 saturated heterocycles. The second kappa shape index (κ2) is 5.33. The number of rotatable bonds is 6. The molecule has 0 heterocycles. The Bertz CT molecular complexity index is 130. The van der Waals surface area contributed by atoms with Crippen LogP contribution in [0.1, 0.15) is 33.1 Å². The standard InChI is InChI=1S/C10H20O2/c1-4-9(12)5-6-10(2,3)7-8-11/h4,9,11-12H,1,5-8H2,2-3H3. The maximum Gasteiger partial charge on any atom is 0.0718 e. The fraction of sp³-hybridized carbons (Fsp3) is 0.800. The van der Waals surface area contributed by atoms with E-state index in [1.165, 1.54) is 0 Å². The first-order valence-corrected chi connectivity index (χ1v) is 4.43. The predicted molar refractivity (Wildman–Crippen MR) is 50.9 cm³/mol. The highest BCUT2D eigenvalue weighted by molar-refractivity contribution is 4.80. The van der Waals surface area contributed by atoms with Crippen LogP contribution >= 0.6 is 0 Å². The average Bonchev–Trinajstić information content (AvgIpc) is 2.00. The molecule has 1 unspecified atom stereocenters. The first-order chi connectivity index (χ1) is 5.52. The maximum absolute atomic E-state index is 9.21. The fourth-order valence-electron chi connectivity index (χ4n) is 1.08. The molecule has 1 atom stereocenters. The van der Waals surface area contributed by atoms with Gasteiger partial charge >= 0.3 is 0 Å². The molecule has 0 aliphatic rings. The number of hydrogen-bond donors (Lipinski definition) is 2. The Kier molecular flexibility index (Phi) is 5.18. The van der Waals surface area contributed by atoms with Crippen LogP contribution in [0.25, 0.3) is 0 Å². The van der Waals surface area contributed by atoms with Crippen molar-refractivity contribution in [3.63, 3.8) is 0 Å². The van der Waals surface area contributed by atoms with Crippen LogP contribution in [0.3, 0.4) is 0 Å². The summed E-state index contributed by atoms with van der Waals surface area (Å²) >= 11 is 0. The van der Waals surface area contributed by atoms with Gasteiger partial charge in [0.25, 0.3) is 0 Å². The lowest BCUT2D eigenvalue weighted by Crippen LogP contribution is -2.16. The minimum absolute atomic E-state index is 0.124. The molecule has 0 aliphatic carbocycles. The van der Waals surface area contributed by atoms with E-state index >= 15 is 0 Å². The Balaban J connectivity index is 3.66. The molecule has 0 fully saturated rings. The molecule has 2 heteroatoms. The summed E-state index contributed by atoms with van der Waals surface area (Å²) in [5, 5.41) is 18.0. The molecule has 0 saturated carbocycles. The molecule has 0 aromatic rings. The summed E-state index contributed by atoms with van der Waals surface area (Å²) in [7, 11) is 0. The molecular formula is C10H20O2. The van der Waals surface area contributed by atoms with Crippen molar-refractivity contribution in [1.29, 1.82) is 0 Å². The maximum atomic E-state index is 9.21. The predicted octanol–water partition coefficient (Wildman–Crippen LogP) is 1.72. The van der Waals surface area contributed by atoms with Gasteiger partial charge in [-0.2, -0.15) is 0 Å². The monoisotopic (exact) mass is 172 g/mol. The molecule has 0 radical (unpaired) electrons. The van der Waals surface area contributed by atoms with Crippen molar-refractivity contribution >= 4 is 0 Å². The van der Waals surface area contributed by atoms with Crippen molar-refractivity contribution in [2.45, 2.75) is 39.2 Å². The molecule has 0 amide bonds. The third-order valence-corrected chi connectivity index (χ3v) is 2.18. The Morgan fingerprint density at radius 2 is 2.00 bits per heavy atom. The van der Waals surface area contributed by atoms with Crippen LogP contribution in [0, 0.1) is 5.41 Å². The highest BCUT2D eigenvalue weighted by Crippen LogP contribution is 2.26. The quantitative estimate of drug-likeness (QED) is 0.599. The van der Waals surface area contributed by atoms with Crippen molar-refractivity contribution in [3.8, 4) is 0 Å². The van der Waals surface area contributed by atoms with Gasteiger partial charge in [0, 0.05) is 6.61 Å². The van der Waals surface area contributed by atoms with Crippen molar-refractivity contribution < 1.29 is 10.2 Å². The summed E-state index contributed by atoms with van der Waals surface area (Å²) in [6.07, 6.45) is 3.59. The van der Waals surface area contributed by atoms with E-state index in [2.05, 4.69) is 20.4 Å². The van der Waals surface area contributed by atoms with E-state index in [1.807, 2.05) is 0 Å². The molecular weight excluding hydrogens is 152 g/mol. The number of aliphatic hydroxyl groups is 2. The minimum Gasteiger partial charge on any atom is -0.396 e. The topological polar surface area (TPSA) is 40.5 Å². The number of hydrogen-bond acceptors (Lipinski definition) is 2. The zero-order valence-corrected chi connectivity index (χ0v) is 8.08. The van der Waals surface area contributed by atoms with E-state index in [0.717, 1.165) is 19.3 Å². The van der Waals surface area contributed by atoms with Crippen LogP contribution in [0.2, 0.25) is 0 Å². The van der Waals surface area contributed by atoms with Crippen LogP contribution in [0.4, 0.5) is 0 Å². The van der Waals surface area contributed by atoms with Gasteiger partial charge in [-0.05, 0) is 24.7 Å². The van der Waals surface area contributed by atoms with Gasteiger partial charge in [-0.1, -0.05) is 19.9 Å². The first-order valence-electron chi connectivity index (χ1n) is 4.43. The van der Waals surface area contributed by atoms with Crippen molar-refractivity contribution in [1.82, 2.24) is 0 Å². The fourth-order valence-corrected chi connectivity index (χ4v) is 1.08. The molecule has 0 rings (SSSR count). The molecule has 0 aromatic heterocycles. The summed E-state index contributed by atoms with van der Waals surface area (Å²) in [5.41, 5.74) is 0.124. The van der Waals surface area contributed by atoms with Crippen molar-refractivity contribution in [2.75, 3.05) is 6.61 Å². The second-order valence-corrected chi connectivity index (χ2v) is 3.98. The van der Waals surface area contributed by atoms with E-state index in [4.69, 9.17) is 5.11 Å². The van der Waals surface area contributed by atoms with Gasteiger partial charge in [0.05, 0.1) is 6.10 Å².